The average Bonchev–Trinajstić information content (AvgIpc) is 3.41. The van der Waals surface area contributed by atoms with E-state index in [1.807, 2.05) is 0 Å². The summed E-state index contributed by atoms with van der Waals surface area (Å²) in [6.07, 6.45) is 13.0. The van der Waals surface area contributed by atoms with Crippen LogP contribution in [-0.2, 0) is 25.4 Å². The third-order valence-corrected chi connectivity index (χ3v) is 10.3. The summed E-state index contributed by atoms with van der Waals surface area (Å²) in [5, 5.41) is 21.6. The lowest BCUT2D eigenvalue weighted by Crippen LogP contribution is -2.57. The first-order valence-corrected chi connectivity index (χ1v) is 15.7. The molecule has 0 radical (unpaired) electrons. The van der Waals surface area contributed by atoms with Gasteiger partial charge < -0.3 is 24.4 Å². The molecule has 5 aliphatic rings. The molecule has 7 heteroatoms. The number of fused-ring (bicyclic) bond motifs is 3. The second kappa shape index (κ2) is 12.3. The van der Waals surface area contributed by atoms with Gasteiger partial charge in [0.05, 0.1) is 19.8 Å². The lowest BCUT2D eigenvalue weighted by molar-refractivity contribution is -0.133. The Morgan fingerprint density at radius 2 is 1.85 bits per heavy atom. The van der Waals surface area contributed by atoms with E-state index in [0.717, 1.165) is 44.4 Å². The first kappa shape index (κ1) is 28.5. The lowest BCUT2D eigenvalue weighted by atomic mass is 9.73. The van der Waals surface area contributed by atoms with E-state index in [1.165, 1.54) is 44.8 Å². The zero-order valence-electron chi connectivity index (χ0n) is 24.5. The van der Waals surface area contributed by atoms with E-state index in [2.05, 4.69) is 48.2 Å². The second-order valence-electron chi connectivity index (χ2n) is 12.8. The van der Waals surface area contributed by atoms with Gasteiger partial charge in [-0.15, -0.1) is 0 Å². The Morgan fingerprint density at radius 3 is 2.59 bits per heavy atom. The summed E-state index contributed by atoms with van der Waals surface area (Å²) in [4.78, 5) is 15.1. The second-order valence-corrected chi connectivity index (χ2v) is 12.8. The molecule has 6 unspecified atom stereocenters. The van der Waals surface area contributed by atoms with Crippen molar-refractivity contribution in [2.24, 2.45) is 23.7 Å². The zero-order chi connectivity index (χ0) is 28.5. The van der Waals surface area contributed by atoms with Crippen molar-refractivity contribution in [2.75, 3.05) is 20.3 Å². The summed E-state index contributed by atoms with van der Waals surface area (Å²) in [5.74, 6) is 2.60. The minimum absolute atomic E-state index is 0.0514. The first-order valence-electron chi connectivity index (χ1n) is 15.7. The molecule has 0 amide bonds. The predicted octanol–water partition coefficient (Wildman–Crippen LogP) is 5.24. The predicted molar refractivity (Wildman–Crippen MR) is 155 cm³/mol. The third kappa shape index (κ3) is 5.61. The van der Waals surface area contributed by atoms with E-state index in [4.69, 9.17) is 14.2 Å². The van der Waals surface area contributed by atoms with Crippen LogP contribution in [0.5, 0.6) is 0 Å². The van der Waals surface area contributed by atoms with Gasteiger partial charge in [0.25, 0.3) is 0 Å². The van der Waals surface area contributed by atoms with Crippen LogP contribution in [0.15, 0.2) is 65.0 Å². The smallest absolute Gasteiger partial charge is 0.345 e. The van der Waals surface area contributed by atoms with E-state index in [1.54, 1.807) is 0 Å². The van der Waals surface area contributed by atoms with Crippen LogP contribution in [0.2, 0.25) is 0 Å². The van der Waals surface area contributed by atoms with Crippen molar-refractivity contribution in [2.45, 2.75) is 89.3 Å². The number of carbonyl (C=O) groups is 1. The van der Waals surface area contributed by atoms with Crippen molar-refractivity contribution in [1.29, 1.82) is 0 Å². The van der Waals surface area contributed by atoms with Gasteiger partial charge in [0.1, 0.15) is 11.3 Å². The van der Waals surface area contributed by atoms with Gasteiger partial charge in [0.2, 0.25) is 5.76 Å². The fourth-order valence-electron chi connectivity index (χ4n) is 8.35. The van der Waals surface area contributed by atoms with Gasteiger partial charge in [-0.25, -0.2) is 4.79 Å². The molecule has 6 rings (SSSR count). The maximum Gasteiger partial charge on any atom is 0.345 e. The number of hydrogen-bond donors (Lipinski definition) is 2. The molecule has 2 N–H and O–H groups in total. The quantitative estimate of drug-likeness (QED) is 0.439. The molecule has 0 aromatic heterocycles. The van der Waals surface area contributed by atoms with Crippen LogP contribution in [0.1, 0.15) is 70.3 Å². The van der Waals surface area contributed by atoms with Crippen LogP contribution in [0.25, 0.3) is 0 Å². The Bertz CT molecular complexity index is 1200. The van der Waals surface area contributed by atoms with Gasteiger partial charge in [-0.1, -0.05) is 69.4 Å². The topological polar surface area (TPSA) is 88.5 Å². The number of aliphatic hydroxyl groups is 2. The van der Waals surface area contributed by atoms with Crippen molar-refractivity contribution in [3.05, 3.63) is 70.6 Å². The van der Waals surface area contributed by atoms with Crippen LogP contribution in [-0.4, -0.2) is 59.5 Å². The molecule has 3 fully saturated rings. The molecule has 2 saturated heterocycles. The number of ether oxygens (including phenoxy) is 3. The fraction of sp³-hybridized carbons (Fsp3) is 0.618. The summed E-state index contributed by atoms with van der Waals surface area (Å²) < 4.78 is 17.6. The molecule has 222 valence electrons. The molecule has 1 saturated carbocycles. The van der Waals surface area contributed by atoms with Crippen molar-refractivity contribution in [3.8, 4) is 0 Å². The highest BCUT2D eigenvalue weighted by molar-refractivity contribution is 5.94. The molecule has 6 atom stereocenters. The standard InChI is InChI=1S/C34H45NO6/c1-21-30-27-18-24(16-22-10-5-3-6-11-22)17-26(28(37)19-23-12-7-4-8-13-23)35(27)15-9-14-29(30)40-31(21)33-32(39-2)25(20-36)34(38)41-33/h3,5-6,10-11,14,21,23-24,26-28,30,36-37H,4,7-9,12-13,15-20H2,1-2H3. The number of rotatable bonds is 7. The largest absolute Gasteiger partial charge is 0.492 e. The van der Waals surface area contributed by atoms with E-state index < -0.39 is 12.6 Å². The number of piperidine rings is 1. The number of nitrogens with zero attached hydrogens (tertiary/aromatic N) is 1. The van der Waals surface area contributed by atoms with Crippen LogP contribution in [0.4, 0.5) is 0 Å². The van der Waals surface area contributed by atoms with E-state index in [0.29, 0.717) is 23.4 Å². The van der Waals surface area contributed by atoms with Gasteiger partial charge >= 0.3 is 5.97 Å². The summed E-state index contributed by atoms with van der Waals surface area (Å²) >= 11 is 0. The maximum absolute atomic E-state index is 12.5. The highest BCUT2D eigenvalue weighted by Crippen LogP contribution is 2.50. The molecular formula is C34H45NO6. The summed E-state index contributed by atoms with van der Waals surface area (Å²) in [7, 11) is 1.49. The van der Waals surface area contributed by atoms with E-state index in [-0.39, 0.29) is 41.4 Å². The SMILES string of the molecule is COC1=C(CO)C(=O)OC1=C1OC2=CCCN3C(C(O)CC4CCCCC4)CC(Cc4ccccc4)CC3C2C1C. The maximum atomic E-state index is 12.5. The van der Waals surface area contributed by atoms with Crippen LogP contribution >= 0.6 is 0 Å². The summed E-state index contributed by atoms with van der Waals surface area (Å²) in [6.45, 7) is 2.60. The van der Waals surface area contributed by atoms with Crippen LogP contribution in [0.3, 0.4) is 0 Å². The number of benzene rings is 1. The molecule has 0 spiro atoms. The van der Waals surface area contributed by atoms with Crippen LogP contribution < -0.4 is 0 Å². The Morgan fingerprint density at radius 1 is 1.07 bits per heavy atom. The van der Waals surface area contributed by atoms with Gasteiger partial charge in [-0.05, 0) is 55.6 Å². The van der Waals surface area contributed by atoms with Crippen molar-refractivity contribution in [1.82, 2.24) is 4.90 Å². The molecule has 1 aliphatic carbocycles. The third-order valence-electron chi connectivity index (χ3n) is 10.3. The van der Waals surface area contributed by atoms with Gasteiger partial charge in [-0.2, -0.15) is 0 Å². The Hall–Kier alpha value is -2.61. The lowest BCUT2D eigenvalue weighted by Gasteiger charge is -2.49. The molecule has 41 heavy (non-hydrogen) atoms. The molecule has 7 nitrogen and oxygen atoms in total. The molecule has 1 aromatic rings. The average molecular weight is 564 g/mol. The fourth-order valence-corrected chi connectivity index (χ4v) is 8.35. The number of aliphatic hydroxyl groups excluding tert-OH is 2. The summed E-state index contributed by atoms with van der Waals surface area (Å²) in [5.41, 5.74) is 1.47. The monoisotopic (exact) mass is 563 g/mol. The Kier molecular flexibility index (Phi) is 8.57. The minimum atomic E-state index is -0.586. The number of hydrogen-bond acceptors (Lipinski definition) is 7. The number of carbonyl (C=O) groups excluding carboxylic acids is 1. The van der Waals surface area contributed by atoms with Gasteiger partial charge in [0, 0.05) is 30.5 Å². The zero-order valence-corrected chi connectivity index (χ0v) is 24.5. The van der Waals surface area contributed by atoms with E-state index in [9.17, 15) is 15.0 Å². The molecule has 4 aliphatic heterocycles. The normalized spacial score (nSPS) is 33.4. The number of methoxy groups -OCH3 is 1. The van der Waals surface area contributed by atoms with Crippen molar-refractivity contribution in [3.63, 3.8) is 0 Å². The highest BCUT2D eigenvalue weighted by Gasteiger charge is 2.51. The molecule has 1 aromatic carbocycles. The minimum Gasteiger partial charge on any atom is -0.492 e. The van der Waals surface area contributed by atoms with Gasteiger partial charge in [-0.3, -0.25) is 4.90 Å². The Balaban J connectivity index is 1.32. The number of esters is 1. The molecule has 0 bridgehead atoms. The number of allylic oxidation sites excluding steroid dienone is 1. The van der Waals surface area contributed by atoms with Crippen molar-refractivity contribution < 1.29 is 29.2 Å². The van der Waals surface area contributed by atoms with Crippen molar-refractivity contribution >= 4 is 5.97 Å². The first-order chi connectivity index (χ1) is 20.0. The highest BCUT2D eigenvalue weighted by atomic mass is 16.6. The number of cyclic esters (lactones) is 1. The van der Waals surface area contributed by atoms with E-state index >= 15 is 0 Å². The molecular weight excluding hydrogens is 518 g/mol. The summed E-state index contributed by atoms with van der Waals surface area (Å²) in [6, 6.07) is 11.0. The van der Waals surface area contributed by atoms with Crippen LogP contribution in [0, 0.1) is 23.7 Å². The van der Waals surface area contributed by atoms with Gasteiger partial charge in [0.15, 0.2) is 11.5 Å². The molecule has 4 heterocycles. The Labute approximate surface area is 243 Å².